The maximum atomic E-state index is 3.54. The molecule has 3 aliphatic heterocycles. The summed E-state index contributed by atoms with van der Waals surface area (Å²) in [4.78, 5) is 5.48. The van der Waals surface area contributed by atoms with Crippen LogP contribution in [0.2, 0.25) is 0 Å². The SMILES string of the molecule is C1CNCC(N2CCC(N3CCCC3)C2)C1. The molecule has 3 heteroatoms. The van der Waals surface area contributed by atoms with Gasteiger partial charge in [0.05, 0.1) is 0 Å². The zero-order valence-electron chi connectivity index (χ0n) is 10.3. The molecule has 1 N–H and O–H groups in total. The molecule has 3 nitrogen and oxygen atoms in total. The van der Waals surface area contributed by atoms with E-state index in [9.17, 15) is 0 Å². The molecule has 3 aliphatic rings. The molecule has 0 aliphatic carbocycles. The second-order valence-electron chi connectivity index (χ2n) is 5.68. The van der Waals surface area contributed by atoms with Gasteiger partial charge in [-0.25, -0.2) is 0 Å². The molecular formula is C13H25N3. The fourth-order valence-corrected chi connectivity index (χ4v) is 3.65. The normalized spacial score (nSPS) is 38.2. The van der Waals surface area contributed by atoms with Gasteiger partial charge in [-0.1, -0.05) is 0 Å². The molecule has 0 spiro atoms. The largest absolute Gasteiger partial charge is 0.315 e. The maximum absolute atomic E-state index is 3.54. The Morgan fingerprint density at radius 3 is 2.44 bits per heavy atom. The van der Waals surface area contributed by atoms with E-state index in [-0.39, 0.29) is 0 Å². The first-order chi connectivity index (χ1) is 7.93. The van der Waals surface area contributed by atoms with Crippen molar-refractivity contribution in [3.05, 3.63) is 0 Å². The Labute approximate surface area is 99.2 Å². The zero-order chi connectivity index (χ0) is 10.8. The number of hydrogen-bond donors (Lipinski definition) is 1. The van der Waals surface area contributed by atoms with E-state index in [0.29, 0.717) is 0 Å². The van der Waals surface area contributed by atoms with E-state index in [1.807, 2.05) is 0 Å². The van der Waals surface area contributed by atoms with E-state index in [2.05, 4.69) is 15.1 Å². The standard InChI is InChI=1S/C13H25N3/c1-2-8-15(7-1)13-5-9-16(11-13)12-4-3-6-14-10-12/h12-14H,1-11H2. The van der Waals surface area contributed by atoms with Gasteiger partial charge in [-0.2, -0.15) is 0 Å². The Morgan fingerprint density at radius 1 is 0.812 bits per heavy atom. The van der Waals surface area contributed by atoms with Gasteiger partial charge in [-0.3, -0.25) is 9.80 Å². The number of nitrogens with one attached hydrogen (secondary N) is 1. The number of likely N-dealkylation sites (tertiary alicyclic amines) is 2. The van der Waals surface area contributed by atoms with Crippen LogP contribution in [0.4, 0.5) is 0 Å². The second kappa shape index (κ2) is 5.03. The molecule has 0 bridgehead atoms. The Bertz CT molecular complexity index is 219. The smallest absolute Gasteiger partial charge is 0.0235 e. The monoisotopic (exact) mass is 223 g/mol. The molecule has 0 aromatic carbocycles. The predicted octanol–water partition coefficient (Wildman–Crippen LogP) is 0.908. The first kappa shape index (κ1) is 11.0. The van der Waals surface area contributed by atoms with Crippen molar-refractivity contribution in [2.75, 3.05) is 39.3 Å². The van der Waals surface area contributed by atoms with Gasteiger partial charge in [-0.05, 0) is 51.7 Å². The van der Waals surface area contributed by atoms with Gasteiger partial charge in [0.15, 0.2) is 0 Å². The van der Waals surface area contributed by atoms with E-state index in [0.717, 1.165) is 12.1 Å². The van der Waals surface area contributed by atoms with Gasteiger partial charge in [0, 0.05) is 31.7 Å². The third kappa shape index (κ3) is 2.27. The lowest BCUT2D eigenvalue weighted by atomic mass is 10.1. The van der Waals surface area contributed by atoms with Crippen molar-refractivity contribution in [1.82, 2.24) is 15.1 Å². The summed E-state index contributed by atoms with van der Waals surface area (Å²) in [7, 11) is 0. The van der Waals surface area contributed by atoms with Crippen molar-refractivity contribution in [3.8, 4) is 0 Å². The van der Waals surface area contributed by atoms with Crippen molar-refractivity contribution < 1.29 is 0 Å². The Morgan fingerprint density at radius 2 is 1.69 bits per heavy atom. The van der Waals surface area contributed by atoms with Gasteiger partial charge >= 0.3 is 0 Å². The van der Waals surface area contributed by atoms with Crippen LogP contribution in [-0.2, 0) is 0 Å². The quantitative estimate of drug-likeness (QED) is 0.751. The molecule has 0 aromatic rings. The molecule has 2 unspecified atom stereocenters. The highest BCUT2D eigenvalue weighted by Crippen LogP contribution is 2.23. The van der Waals surface area contributed by atoms with Gasteiger partial charge in [0.2, 0.25) is 0 Å². The summed E-state index contributed by atoms with van der Waals surface area (Å²) < 4.78 is 0. The summed E-state index contributed by atoms with van der Waals surface area (Å²) in [6.07, 6.45) is 7.06. The Balaban J connectivity index is 1.51. The van der Waals surface area contributed by atoms with Gasteiger partial charge in [-0.15, -0.1) is 0 Å². The third-order valence-electron chi connectivity index (χ3n) is 4.64. The highest BCUT2D eigenvalue weighted by atomic mass is 15.3. The van der Waals surface area contributed by atoms with Crippen LogP contribution in [0, 0.1) is 0 Å². The molecule has 16 heavy (non-hydrogen) atoms. The molecule has 0 amide bonds. The fraction of sp³-hybridized carbons (Fsp3) is 1.00. The lowest BCUT2D eigenvalue weighted by Crippen LogP contribution is -2.46. The van der Waals surface area contributed by atoms with Crippen LogP contribution in [0.5, 0.6) is 0 Å². The maximum Gasteiger partial charge on any atom is 0.0235 e. The third-order valence-corrected chi connectivity index (χ3v) is 4.64. The topological polar surface area (TPSA) is 18.5 Å². The van der Waals surface area contributed by atoms with E-state index >= 15 is 0 Å². The zero-order valence-corrected chi connectivity index (χ0v) is 10.3. The van der Waals surface area contributed by atoms with Crippen LogP contribution in [0.25, 0.3) is 0 Å². The van der Waals surface area contributed by atoms with Crippen LogP contribution in [0.1, 0.15) is 32.1 Å². The van der Waals surface area contributed by atoms with E-state index < -0.39 is 0 Å². The van der Waals surface area contributed by atoms with Crippen LogP contribution >= 0.6 is 0 Å². The number of piperidine rings is 1. The van der Waals surface area contributed by atoms with Gasteiger partial charge in [0.25, 0.3) is 0 Å². The van der Waals surface area contributed by atoms with E-state index in [1.54, 1.807) is 0 Å². The lowest BCUT2D eigenvalue weighted by Gasteiger charge is -2.32. The number of rotatable bonds is 2. The van der Waals surface area contributed by atoms with Crippen LogP contribution in [0.3, 0.4) is 0 Å². The number of hydrogen-bond acceptors (Lipinski definition) is 3. The molecule has 0 radical (unpaired) electrons. The number of nitrogens with zero attached hydrogens (tertiary/aromatic N) is 2. The molecule has 3 saturated heterocycles. The van der Waals surface area contributed by atoms with Crippen LogP contribution in [0.15, 0.2) is 0 Å². The van der Waals surface area contributed by atoms with Crippen molar-refractivity contribution in [1.29, 1.82) is 0 Å². The summed E-state index contributed by atoms with van der Waals surface area (Å²) >= 11 is 0. The van der Waals surface area contributed by atoms with Crippen molar-refractivity contribution in [2.24, 2.45) is 0 Å². The van der Waals surface area contributed by atoms with E-state index in [4.69, 9.17) is 0 Å². The van der Waals surface area contributed by atoms with Crippen LogP contribution < -0.4 is 5.32 Å². The van der Waals surface area contributed by atoms with Crippen molar-refractivity contribution in [3.63, 3.8) is 0 Å². The average molecular weight is 223 g/mol. The molecule has 0 saturated carbocycles. The average Bonchev–Trinajstić information content (AvgIpc) is 3.01. The fourth-order valence-electron chi connectivity index (χ4n) is 3.65. The molecule has 92 valence electrons. The molecular weight excluding hydrogens is 198 g/mol. The Hall–Kier alpha value is -0.120. The summed E-state index contributed by atoms with van der Waals surface area (Å²) in [5.41, 5.74) is 0. The highest BCUT2D eigenvalue weighted by molar-refractivity contribution is 4.90. The predicted molar refractivity (Wildman–Crippen MR) is 66.7 cm³/mol. The summed E-state index contributed by atoms with van der Waals surface area (Å²) in [5, 5.41) is 3.54. The lowest BCUT2D eigenvalue weighted by molar-refractivity contribution is 0.176. The first-order valence-electron chi connectivity index (χ1n) is 7.12. The Kier molecular flexibility index (Phi) is 3.46. The van der Waals surface area contributed by atoms with Crippen LogP contribution in [-0.4, -0.2) is 61.2 Å². The second-order valence-corrected chi connectivity index (χ2v) is 5.68. The van der Waals surface area contributed by atoms with Gasteiger partial charge < -0.3 is 5.32 Å². The first-order valence-corrected chi connectivity index (χ1v) is 7.12. The van der Waals surface area contributed by atoms with E-state index in [1.165, 1.54) is 71.4 Å². The van der Waals surface area contributed by atoms with Crippen molar-refractivity contribution >= 4 is 0 Å². The minimum atomic E-state index is 0.835. The summed E-state index contributed by atoms with van der Waals surface area (Å²) in [6.45, 7) is 7.87. The van der Waals surface area contributed by atoms with Crippen molar-refractivity contribution in [2.45, 2.75) is 44.2 Å². The summed E-state index contributed by atoms with van der Waals surface area (Å²) in [5.74, 6) is 0. The highest BCUT2D eigenvalue weighted by Gasteiger charge is 2.32. The minimum Gasteiger partial charge on any atom is -0.315 e. The molecule has 3 rings (SSSR count). The molecule has 3 fully saturated rings. The minimum absolute atomic E-state index is 0.835. The molecule has 3 heterocycles. The van der Waals surface area contributed by atoms with Gasteiger partial charge in [0.1, 0.15) is 0 Å². The summed E-state index contributed by atoms with van der Waals surface area (Å²) in [6, 6.07) is 1.71. The molecule has 2 atom stereocenters. The molecule has 0 aromatic heterocycles.